The summed E-state index contributed by atoms with van der Waals surface area (Å²) in [4.78, 5) is 11.3. The molecule has 0 heterocycles. The lowest BCUT2D eigenvalue weighted by Crippen LogP contribution is -2.23. The lowest BCUT2D eigenvalue weighted by Gasteiger charge is -2.10. The van der Waals surface area contributed by atoms with E-state index in [1.165, 1.54) is 0 Å². The minimum atomic E-state index is -0.446. The van der Waals surface area contributed by atoms with Gasteiger partial charge in [-0.1, -0.05) is 54.6 Å². The van der Waals surface area contributed by atoms with Crippen molar-refractivity contribution in [3.8, 4) is 11.1 Å². The monoisotopic (exact) mass is 254 g/mol. The zero-order valence-electron chi connectivity index (χ0n) is 10.6. The minimum absolute atomic E-state index is 0.247. The second kappa shape index (κ2) is 6.59. The average molecular weight is 254 g/mol. The van der Waals surface area contributed by atoms with Gasteiger partial charge in [-0.25, -0.2) is 4.79 Å². The first-order valence-corrected chi connectivity index (χ1v) is 6.14. The number of amides is 1. The maximum Gasteiger partial charge on any atom is 0.407 e. The van der Waals surface area contributed by atoms with Crippen LogP contribution in [0.1, 0.15) is 5.56 Å². The summed E-state index contributed by atoms with van der Waals surface area (Å²) < 4.78 is 5.14. The molecule has 2 rings (SSSR count). The van der Waals surface area contributed by atoms with E-state index in [1.807, 2.05) is 54.6 Å². The number of benzene rings is 2. The van der Waals surface area contributed by atoms with Crippen molar-refractivity contribution in [3.63, 3.8) is 0 Å². The molecule has 0 unspecified atom stereocenters. The number of carbonyl (C=O) groups is 1. The summed E-state index contributed by atoms with van der Waals surface area (Å²) in [5.41, 5.74) is 3.16. The van der Waals surface area contributed by atoms with Gasteiger partial charge in [0.15, 0.2) is 0 Å². The molecule has 0 saturated carbocycles. The molecule has 1 amide bonds. The van der Waals surface area contributed by atoms with Crippen LogP contribution < -0.4 is 5.32 Å². The van der Waals surface area contributed by atoms with Crippen molar-refractivity contribution in [2.75, 3.05) is 6.54 Å². The van der Waals surface area contributed by atoms with Crippen molar-refractivity contribution < 1.29 is 9.53 Å². The average Bonchev–Trinajstić information content (AvgIpc) is 2.47. The van der Waals surface area contributed by atoms with Gasteiger partial charge in [0.2, 0.25) is 0 Å². The molecule has 0 fully saturated rings. The van der Waals surface area contributed by atoms with E-state index in [-0.39, 0.29) is 6.61 Å². The normalized spacial score (nSPS) is 9.95. The van der Waals surface area contributed by atoms with E-state index in [4.69, 9.17) is 4.74 Å². The van der Waals surface area contributed by atoms with E-state index < -0.39 is 6.09 Å². The molecule has 0 aliphatic heterocycles. The molecule has 0 spiro atoms. The molecule has 3 nitrogen and oxygen atoms in total. The van der Waals surface area contributed by atoms with Gasteiger partial charge in [-0.15, -0.1) is 0 Å². The largest absolute Gasteiger partial charge is 0.445 e. The van der Waals surface area contributed by atoms with Crippen LogP contribution in [0.2, 0.25) is 0 Å². The number of rotatable bonds is 4. The van der Waals surface area contributed by atoms with Crippen LogP contribution >= 0.6 is 0 Å². The molecule has 0 aliphatic carbocycles. The Morgan fingerprint density at radius 1 is 1.05 bits per heavy atom. The Morgan fingerprint density at radius 3 is 2.47 bits per heavy atom. The number of hydrogen-bond donors (Lipinski definition) is 1. The number of alkyl carbamates (subject to hydrolysis) is 1. The van der Waals surface area contributed by atoms with E-state index >= 15 is 0 Å². The summed E-state index contributed by atoms with van der Waals surface area (Å²) in [6, 6.07) is 17.9. The third-order valence-corrected chi connectivity index (χ3v) is 2.73. The zero-order chi connectivity index (χ0) is 13.5. The molecule has 2 aromatic carbocycles. The molecule has 19 heavy (non-hydrogen) atoms. The fourth-order valence-corrected chi connectivity index (χ4v) is 1.84. The SMILES string of the molecule is [CH2]CNC(=O)OCc1ccccc1-c1ccccc1. The van der Waals surface area contributed by atoms with Crippen LogP contribution in [-0.2, 0) is 11.3 Å². The topological polar surface area (TPSA) is 38.3 Å². The first-order valence-electron chi connectivity index (χ1n) is 6.14. The lowest BCUT2D eigenvalue weighted by molar-refractivity contribution is 0.141. The lowest BCUT2D eigenvalue weighted by atomic mass is 10.0. The number of carbonyl (C=O) groups excluding carboxylic acids is 1. The van der Waals surface area contributed by atoms with Gasteiger partial charge >= 0.3 is 6.09 Å². The molecule has 2 aromatic rings. The molecule has 1 radical (unpaired) electrons. The van der Waals surface area contributed by atoms with Crippen LogP contribution in [0.4, 0.5) is 4.79 Å². The highest BCUT2D eigenvalue weighted by molar-refractivity contribution is 5.69. The van der Waals surface area contributed by atoms with Gasteiger partial charge < -0.3 is 10.1 Å². The van der Waals surface area contributed by atoms with Crippen molar-refractivity contribution >= 4 is 6.09 Å². The van der Waals surface area contributed by atoms with Crippen molar-refractivity contribution in [2.45, 2.75) is 6.61 Å². The molecule has 1 N–H and O–H groups in total. The van der Waals surface area contributed by atoms with Crippen molar-refractivity contribution in [1.29, 1.82) is 0 Å². The predicted molar refractivity (Wildman–Crippen MR) is 75.4 cm³/mol. The molecule has 0 atom stereocenters. The van der Waals surface area contributed by atoms with Gasteiger partial charge in [0.1, 0.15) is 6.61 Å². The van der Waals surface area contributed by atoms with E-state index in [0.717, 1.165) is 16.7 Å². The van der Waals surface area contributed by atoms with Crippen LogP contribution in [-0.4, -0.2) is 12.6 Å². The van der Waals surface area contributed by atoms with Gasteiger partial charge in [0.05, 0.1) is 0 Å². The van der Waals surface area contributed by atoms with Crippen molar-refractivity contribution in [3.05, 3.63) is 67.1 Å². The fourth-order valence-electron chi connectivity index (χ4n) is 1.84. The quantitative estimate of drug-likeness (QED) is 0.908. The Hall–Kier alpha value is -2.29. The van der Waals surface area contributed by atoms with Crippen LogP contribution in [0, 0.1) is 6.92 Å². The Labute approximate surface area is 113 Å². The molecule has 97 valence electrons. The summed E-state index contributed by atoms with van der Waals surface area (Å²) in [5, 5.41) is 2.50. The van der Waals surface area contributed by atoms with Gasteiger partial charge in [-0.3, -0.25) is 0 Å². The van der Waals surface area contributed by atoms with Crippen LogP contribution in [0.15, 0.2) is 54.6 Å². The molecular weight excluding hydrogens is 238 g/mol. The summed E-state index contributed by atoms with van der Waals surface area (Å²) in [7, 11) is 0. The highest BCUT2D eigenvalue weighted by Crippen LogP contribution is 2.23. The van der Waals surface area contributed by atoms with E-state index in [0.29, 0.717) is 6.54 Å². The Bertz CT molecular complexity index is 537. The predicted octanol–water partition coefficient (Wildman–Crippen LogP) is 3.41. The second-order valence-corrected chi connectivity index (χ2v) is 4.03. The van der Waals surface area contributed by atoms with E-state index in [9.17, 15) is 4.79 Å². The number of hydrogen-bond acceptors (Lipinski definition) is 2. The third-order valence-electron chi connectivity index (χ3n) is 2.73. The van der Waals surface area contributed by atoms with Gasteiger partial charge in [-0.2, -0.15) is 0 Å². The first kappa shape index (κ1) is 13.1. The van der Waals surface area contributed by atoms with Crippen molar-refractivity contribution in [1.82, 2.24) is 5.32 Å². The van der Waals surface area contributed by atoms with Crippen LogP contribution in [0.25, 0.3) is 11.1 Å². The van der Waals surface area contributed by atoms with Crippen LogP contribution in [0.5, 0.6) is 0 Å². The molecule has 3 heteroatoms. The van der Waals surface area contributed by atoms with Gasteiger partial charge in [-0.05, 0) is 23.6 Å². The van der Waals surface area contributed by atoms with Crippen molar-refractivity contribution in [2.24, 2.45) is 0 Å². The van der Waals surface area contributed by atoms with E-state index in [1.54, 1.807) is 0 Å². The van der Waals surface area contributed by atoms with Crippen LogP contribution in [0.3, 0.4) is 0 Å². The number of ether oxygens (including phenoxy) is 1. The maximum atomic E-state index is 11.3. The highest BCUT2D eigenvalue weighted by Gasteiger charge is 2.06. The number of nitrogens with one attached hydrogen (secondary N) is 1. The third kappa shape index (κ3) is 3.58. The molecule has 0 aliphatic rings. The summed E-state index contributed by atoms with van der Waals surface area (Å²) in [5.74, 6) is 0. The summed E-state index contributed by atoms with van der Waals surface area (Å²) >= 11 is 0. The van der Waals surface area contributed by atoms with Gasteiger partial charge in [0.25, 0.3) is 0 Å². The molecule has 0 saturated heterocycles. The first-order chi connectivity index (χ1) is 9.31. The second-order valence-electron chi connectivity index (χ2n) is 4.03. The molecular formula is C16H16NO2. The fraction of sp³-hybridized carbons (Fsp3) is 0.125. The Kier molecular flexibility index (Phi) is 4.56. The summed E-state index contributed by atoms with van der Waals surface area (Å²) in [6.45, 7) is 4.10. The zero-order valence-corrected chi connectivity index (χ0v) is 10.6. The Balaban J connectivity index is 2.15. The molecule has 0 bridgehead atoms. The minimum Gasteiger partial charge on any atom is -0.445 e. The smallest absolute Gasteiger partial charge is 0.407 e. The highest BCUT2D eigenvalue weighted by atomic mass is 16.5. The maximum absolute atomic E-state index is 11.3. The summed E-state index contributed by atoms with van der Waals surface area (Å²) in [6.07, 6.45) is -0.446. The Morgan fingerprint density at radius 2 is 1.74 bits per heavy atom. The molecule has 0 aromatic heterocycles. The van der Waals surface area contributed by atoms with E-state index in [2.05, 4.69) is 12.2 Å². The standard InChI is InChI=1S/C16H16NO2/c1-2-17-16(18)19-12-14-10-6-7-11-15(14)13-8-4-3-5-9-13/h3-11H,1-2,12H2,(H,17,18). The van der Waals surface area contributed by atoms with Gasteiger partial charge in [0, 0.05) is 6.54 Å².